The first-order valence-corrected chi connectivity index (χ1v) is 7.41. The number of nitrogens with zero attached hydrogens (tertiary/aromatic N) is 1. The predicted octanol–water partition coefficient (Wildman–Crippen LogP) is 3.54. The van der Waals surface area contributed by atoms with Gasteiger partial charge in [0, 0.05) is 6.21 Å². The van der Waals surface area contributed by atoms with Crippen molar-refractivity contribution in [2.45, 2.75) is 37.5 Å². The predicted molar refractivity (Wildman–Crippen MR) is 75.6 cm³/mol. The van der Waals surface area contributed by atoms with Crippen LogP contribution in [0.25, 0.3) is 0 Å². The second-order valence-corrected chi connectivity index (χ2v) is 5.99. The van der Waals surface area contributed by atoms with Gasteiger partial charge in [-0.2, -0.15) is 12.8 Å². The van der Waals surface area contributed by atoms with Crippen LogP contribution in [-0.2, 0) is 10.0 Å². The standard InChI is InChI=1S/C14H19NO2S/c1-4-5-6-11-15-18(16,17)14-9-7-13(8-10-14)12(2)3/h4,7-12H,1,5-6H2,2-3H3/b15-11+. The van der Waals surface area contributed by atoms with Crippen molar-refractivity contribution < 1.29 is 8.42 Å². The third-order valence-electron chi connectivity index (χ3n) is 2.56. The molecule has 18 heavy (non-hydrogen) atoms. The summed E-state index contributed by atoms with van der Waals surface area (Å²) in [5.74, 6) is 0.387. The number of sulfonamides is 1. The van der Waals surface area contributed by atoms with E-state index in [1.165, 1.54) is 6.21 Å². The normalized spacial score (nSPS) is 12.2. The molecular weight excluding hydrogens is 246 g/mol. The maximum absolute atomic E-state index is 11.9. The van der Waals surface area contributed by atoms with Crippen LogP contribution in [0.2, 0.25) is 0 Å². The summed E-state index contributed by atoms with van der Waals surface area (Å²) < 4.78 is 27.3. The molecule has 0 bridgehead atoms. The van der Waals surface area contributed by atoms with Gasteiger partial charge in [-0.1, -0.05) is 32.1 Å². The van der Waals surface area contributed by atoms with Crippen LogP contribution in [-0.4, -0.2) is 14.6 Å². The summed E-state index contributed by atoms with van der Waals surface area (Å²) in [5, 5.41) is 0. The van der Waals surface area contributed by atoms with Gasteiger partial charge < -0.3 is 0 Å². The van der Waals surface area contributed by atoms with E-state index in [1.807, 2.05) is 12.1 Å². The van der Waals surface area contributed by atoms with Crippen molar-refractivity contribution in [3.8, 4) is 0 Å². The molecule has 0 aliphatic rings. The summed E-state index contributed by atoms with van der Waals surface area (Å²) in [5.41, 5.74) is 1.12. The van der Waals surface area contributed by atoms with E-state index in [0.29, 0.717) is 12.3 Å². The Hall–Kier alpha value is -1.42. The molecule has 0 aliphatic carbocycles. The molecule has 0 aromatic heterocycles. The fourth-order valence-electron chi connectivity index (χ4n) is 1.43. The van der Waals surface area contributed by atoms with E-state index >= 15 is 0 Å². The Labute approximate surface area is 109 Å². The van der Waals surface area contributed by atoms with Crippen LogP contribution < -0.4 is 0 Å². The zero-order chi connectivity index (χ0) is 13.6. The average Bonchev–Trinajstić information content (AvgIpc) is 2.35. The first-order valence-electron chi connectivity index (χ1n) is 5.97. The smallest absolute Gasteiger partial charge is 0.199 e. The Morgan fingerprint density at radius 3 is 2.33 bits per heavy atom. The zero-order valence-electron chi connectivity index (χ0n) is 10.8. The monoisotopic (exact) mass is 265 g/mol. The number of unbranched alkanes of at least 4 members (excludes halogenated alkanes) is 1. The van der Waals surface area contributed by atoms with Crippen LogP contribution in [0.1, 0.15) is 38.2 Å². The SMILES string of the molecule is C=CCC/C=N/S(=O)(=O)c1ccc(C(C)C)cc1. The molecule has 0 aliphatic heterocycles. The van der Waals surface area contributed by atoms with E-state index in [2.05, 4.69) is 24.8 Å². The fraction of sp³-hybridized carbons (Fsp3) is 0.357. The van der Waals surface area contributed by atoms with E-state index in [9.17, 15) is 8.42 Å². The minimum absolute atomic E-state index is 0.238. The minimum Gasteiger partial charge on any atom is -0.199 e. The summed E-state index contributed by atoms with van der Waals surface area (Å²) in [6.07, 6.45) is 4.47. The van der Waals surface area contributed by atoms with Crippen molar-refractivity contribution in [2.24, 2.45) is 4.40 Å². The van der Waals surface area contributed by atoms with Gasteiger partial charge in [0.15, 0.2) is 0 Å². The van der Waals surface area contributed by atoms with Crippen molar-refractivity contribution in [1.29, 1.82) is 0 Å². The molecule has 0 saturated carbocycles. The van der Waals surface area contributed by atoms with Crippen molar-refractivity contribution in [2.75, 3.05) is 0 Å². The van der Waals surface area contributed by atoms with Crippen LogP contribution in [0, 0.1) is 0 Å². The van der Waals surface area contributed by atoms with Gasteiger partial charge in [-0.25, -0.2) is 0 Å². The van der Waals surface area contributed by atoms with Gasteiger partial charge in [0.05, 0.1) is 4.90 Å². The molecule has 0 radical (unpaired) electrons. The van der Waals surface area contributed by atoms with Crippen molar-refractivity contribution in [3.05, 3.63) is 42.5 Å². The molecule has 4 heteroatoms. The molecule has 1 aromatic carbocycles. The number of hydrogen-bond acceptors (Lipinski definition) is 2. The summed E-state index contributed by atoms with van der Waals surface area (Å²) in [4.78, 5) is 0.238. The Morgan fingerprint density at radius 1 is 1.22 bits per heavy atom. The molecule has 0 saturated heterocycles. The molecular formula is C14H19NO2S. The molecule has 3 nitrogen and oxygen atoms in total. The molecule has 98 valence electrons. The van der Waals surface area contributed by atoms with E-state index < -0.39 is 10.0 Å². The van der Waals surface area contributed by atoms with Gasteiger partial charge in [-0.3, -0.25) is 0 Å². The first-order chi connectivity index (χ1) is 8.47. The van der Waals surface area contributed by atoms with Gasteiger partial charge in [-0.05, 0) is 36.5 Å². The van der Waals surface area contributed by atoms with Crippen molar-refractivity contribution in [1.82, 2.24) is 0 Å². The lowest BCUT2D eigenvalue weighted by Gasteiger charge is -2.05. The zero-order valence-corrected chi connectivity index (χ0v) is 11.7. The molecule has 0 spiro atoms. The minimum atomic E-state index is -3.55. The number of rotatable bonds is 6. The summed E-state index contributed by atoms with van der Waals surface area (Å²) in [6.45, 7) is 7.70. The van der Waals surface area contributed by atoms with Gasteiger partial charge in [0.1, 0.15) is 0 Å². The van der Waals surface area contributed by atoms with Crippen LogP contribution in [0.15, 0.2) is 46.2 Å². The highest BCUT2D eigenvalue weighted by atomic mass is 32.2. The molecule has 0 amide bonds. The van der Waals surface area contributed by atoms with Gasteiger partial charge >= 0.3 is 0 Å². The Balaban J connectivity index is 2.85. The molecule has 0 unspecified atom stereocenters. The largest absolute Gasteiger partial charge is 0.281 e. The van der Waals surface area contributed by atoms with Crippen LogP contribution >= 0.6 is 0 Å². The Bertz CT molecular complexity index is 513. The quantitative estimate of drug-likeness (QED) is 0.449. The summed E-state index contributed by atoms with van der Waals surface area (Å²) >= 11 is 0. The summed E-state index contributed by atoms with van der Waals surface area (Å²) in [6, 6.07) is 6.87. The lowest BCUT2D eigenvalue weighted by atomic mass is 10.0. The maximum Gasteiger partial charge on any atom is 0.281 e. The second kappa shape index (κ2) is 6.50. The van der Waals surface area contributed by atoms with Crippen LogP contribution in [0.5, 0.6) is 0 Å². The molecule has 0 N–H and O–H groups in total. The lowest BCUT2D eigenvalue weighted by Crippen LogP contribution is -1.98. The van der Waals surface area contributed by atoms with E-state index in [-0.39, 0.29) is 4.90 Å². The summed E-state index contributed by atoms with van der Waals surface area (Å²) in [7, 11) is -3.55. The molecule has 0 atom stereocenters. The fourth-order valence-corrected chi connectivity index (χ4v) is 2.33. The average molecular weight is 265 g/mol. The third-order valence-corrected chi connectivity index (χ3v) is 3.85. The highest BCUT2D eigenvalue weighted by Crippen LogP contribution is 2.18. The number of allylic oxidation sites excluding steroid dienone is 1. The van der Waals surface area contributed by atoms with Gasteiger partial charge in [0.25, 0.3) is 10.0 Å². The molecule has 0 fully saturated rings. The molecule has 1 rings (SSSR count). The van der Waals surface area contributed by atoms with E-state index in [4.69, 9.17) is 0 Å². The van der Waals surface area contributed by atoms with E-state index in [0.717, 1.165) is 12.0 Å². The van der Waals surface area contributed by atoms with Crippen molar-refractivity contribution in [3.63, 3.8) is 0 Å². The van der Waals surface area contributed by atoms with Crippen LogP contribution in [0.4, 0.5) is 0 Å². The highest BCUT2D eigenvalue weighted by molar-refractivity contribution is 7.90. The topological polar surface area (TPSA) is 46.5 Å². The molecule has 1 aromatic rings. The Morgan fingerprint density at radius 2 is 1.83 bits per heavy atom. The Kier molecular flexibility index (Phi) is 5.28. The van der Waals surface area contributed by atoms with Gasteiger partial charge in [-0.15, -0.1) is 6.58 Å². The third kappa shape index (κ3) is 4.11. The van der Waals surface area contributed by atoms with E-state index in [1.54, 1.807) is 18.2 Å². The highest BCUT2D eigenvalue weighted by Gasteiger charge is 2.11. The number of hydrogen-bond donors (Lipinski definition) is 0. The van der Waals surface area contributed by atoms with Gasteiger partial charge in [0.2, 0.25) is 0 Å². The maximum atomic E-state index is 11.9. The first kappa shape index (κ1) is 14.6. The number of benzene rings is 1. The molecule has 0 heterocycles. The second-order valence-electron chi connectivity index (χ2n) is 4.35. The lowest BCUT2D eigenvalue weighted by molar-refractivity contribution is 0.598. The van der Waals surface area contributed by atoms with Crippen LogP contribution in [0.3, 0.4) is 0 Å². The van der Waals surface area contributed by atoms with Crippen molar-refractivity contribution >= 4 is 16.2 Å².